The van der Waals surface area contributed by atoms with Gasteiger partial charge >= 0.3 is 0 Å². The second-order valence-corrected chi connectivity index (χ2v) is 6.64. The van der Waals surface area contributed by atoms with Crippen LogP contribution in [0.3, 0.4) is 0 Å². The second-order valence-electron chi connectivity index (χ2n) is 5.24. The summed E-state index contributed by atoms with van der Waals surface area (Å²) in [6.45, 7) is 0.436. The summed E-state index contributed by atoms with van der Waals surface area (Å²) < 4.78 is 1.69. The lowest BCUT2D eigenvalue weighted by molar-refractivity contribution is 0.0949. The summed E-state index contributed by atoms with van der Waals surface area (Å²) in [6.07, 6.45) is 2.24. The molecule has 1 aromatic carbocycles. The van der Waals surface area contributed by atoms with Crippen LogP contribution >= 0.6 is 22.9 Å². The Balaban J connectivity index is 1.49. The Morgan fingerprint density at radius 1 is 1.32 bits per heavy atom. The van der Waals surface area contributed by atoms with Crippen molar-refractivity contribution < 1.29 is 4.79 Å². The third-order valence-corrected chi connectivity index (χ3v) is 4.67. The monoisotopic (exact) mass is 333 g/mol. The molecule has 0 atom stereocenters. The van der Waals surface area contributed by atoms with Gasteiger partial charge in [-0.2, -0.15) is 4.52 Å². The molecule has 3 aromatic rings. The molecule has 0 spiro atoms. The number of nitrogens with one attached hydrogen (secondary N) is 1. The van der Waals surface area contributed by atoms with Crippen LogP contribution in [-0.2, 0) is 6.54 Å². The van der Waals surface area contributed by atoms with E-state index >= 15 is 0 Å². The first-order valence-electron chi connectivity index (χ1n) is 6.95. The van der Waals surface area contributed by atoms with E-state index in [1.165, 1.54) is 11.3 Å². The van der Waals surface area contributed by atoms with Gasteiger partial charge in [-0.05, 0) is 30.5 Å². The van der Waals surface area contributed by atoms with Crippen molar-refractivity contribution in [3.8, 4) is 0 Å². The summed E-state index contributed by atoms with van der Waals surface area (Å²) in [5.41, 5.74) is 0.986. The zero-order chi connectivity index (χ0) is 15.1. The van der Waals surface area contributed by atoms with Gasteiger partial charge in [0.05, 0.1) is 0 Å². The molecule has 4 rings (SSSR count). The summed E-state index contributed by atoms with van der Waals surface area (Å²) in [5, 5.41) is 16.5. The van der Waals surface area contributed by atoms with Gasteiger partial charge in [0, 0.05) is 17.5 Å². The average molecular weight is 334 g/mol. The predicted octanol–water partition coefficient (Wildman–Crippen LogP) is 2.65. The maximum atomic E-state index is 12.2. The molecule has 0 radical (unpaired) electrons. The lowest BCUT2D eigenvalue weighted by atomic mass is 10.2. The van der Waals surface area contributed by atoms with E-state index in [9.17, 15) is 4.79 Å². The van der Waals surface area contributed by atoms with Crippen molar-refractivity contribution in [2.75, 3.05) is 0 Å². The van der Waals surface area contributed by atoms with Crippen LogP contribution in [0.25, 0.3) is 4.96 Å². The third kappa shape index (κ3) is 2.57. The molecule has 112 valence electrons. The normalized spacial score (nSPS) is 14.4. The number of carbonyl (C=O) groups excluding carboxylic acids is 1. The van der Waals surface area contributed by atoms with Crippen LogP contribution in [0.1, 0.15) is 39.9 Å². The Bertz CT molecular complexity index is 837. The van der Waals surface area contributed by atoms with Gasteiger partial charge in [-0.3, -0.25) is 4.79 Å². The molecule has 0 saturated heterocycles. The highest BCUT2D eigenvalue weighted by Gasteiger charge is 2.30. The number of hydrogen-bond acceptors (Lipinski definition) is 5. The smallest absolute Gasteiger partial charge is 0.282 e. The predicted molar refractivity (Wildman–Crippen MR) is 83.3 cm³/mol. The first-order valence-corrected chi connectivity index (χ1v) is 8.15. The van der Waals surface area contributed by atoms with Gasteiger partial charge in [-0.15, -0.1) is 15.3 Å². The number of aromatic nitrogens is 4. The van der Waals surface area contributed by atoms with E-state index in [2.05, 4.69) is 20.6 Å². The number of hydrogen-bond donors (Lipinski definition) is 1. The van der Waals surface area contributed by atoms with E-state index in [0.29, 0.717) is 27.5 Å². The van der Waals surface area contributed by atoms with Crippen molar-refractivity contribution >= 4 is 33.8 Å². The van der Waals surface area contributed by atoms with Crippen LogP contribution in [0.5, 0.6) is 0 Å². The molecule has 1 aliphatic carbocycles. The van der Waals surface area contributed by atoms with Crippen molar-refractivity contribution in [2.45, 2.75) is 25.3 Å². The van der Waals surface area contributed by atoms with Crippen LogP contribution in [0.2, 0.25) is 5.02 Å². The van der Waals surface area contributed by atoms with Gasteiger partial charge in [-0.25, -0.2) is 0 Å². The molecular weight excluding hydrogens is 322 g/mol. The van der Waals surface area contributed by atoms with Crippen LogP contribution < -0.4 is 5.32 Å². The van der Waals surface area contributed by atoms with Crippen LogP contribution in [0.15, 0.2) is 24.3 Å². The second kappa shape index (κ2) is 5.33. The molecule has 1 saturated carbocycles. The van der Waals surface area contributed by atoms with Crippen molar-refractivity contribution in [1.29, 1.82) is 0 Å². The molecule has 1 aliphatic rings. The summed E-state index contributed by atoms with van der Waals surface area (Å²) in [6, 6.07) is 7.36. The first kappa shape index (κ1) is 13.7. The minimum Gasteiger partial charge on any atom is -0.346 e. The average Bonchev–Trinajstić information content (AvgIpc) is 3.14. The summed E-state index contributed by atoms with van der Waals surface area (Å²) in [5.74, 6) is 1.11. The number of halogens is 1. The van der Waals surface area contributed by atoms with Gasteiger partial charge in [-0.1, -0.05) is 35.1 Å². The minimum absolute atomic E-state index is 0.202. The number of carbonyl (C=O) groups is 1. The summed E-state index contributed by atoms with van der Waals surface area (Å²) in [7, 11) is 0. The molecule has 2 heterocycles. The van der Waals surface area contributed by atoms with E-state index in [1.54, 1.807) is 16.6 Å². The van der Waals surface area contributed by atoms with Gasteiger partial charge in [0.15, 0.2) is 5.82 Å². The van der Waals surface area contributed by atoms with Crippen LogP contribution in [0.4, 0.5) is 0 Å². The number of nitrogens with zero attached hydrogens (tertiary/aromatic N) is 4. The van der Waals surface area contributed by atoms with E-state index in [4.69, 9.17) is 11.6 Å². The molecule has 1 amide bonds. The van der Waals surface area contributed by atoms with Gasteiger partial charge in [0.1, 0.15) is 0 Å². The Hall–Kier alpha value is -1.99. The molecule has 8 heteroatoms. The van der Waals surface area contributed by atoms with Crippen molar-refractivity contribution in [3.63, 3.8) is 0 Å². The lowest BCUT2D eigenvalue weighted by Gasteiger charge is -2.02. The van der Waals surface area contributed by atoms with E-state index < -0.39 is 0 Å². The fraction of sp³-hybridized carbons (Fsp3) is 0.286. The molecule has 2 aromatic heterocycles. The SMILES string of the molecule is O=C(NCc1ccc(Cl)cc1)c1nn2c(C3CC3)nnc2s1. The largest absolute Gasteiger partial charge is 0.346 e. The standard InChI is InChI=1S/C14H12ClN5OS/c15-10-5-1-8(2-6-10)7-16-12(21)13-19-20-11(9-3-4-9)17-18-14(20)22-13/h1-2,5-6,9H,3-4,7H2,(H,16,21). The highest BCUT2D eigenvalue weighted by atomic mass is 35.5. The Kier molecular flexibility index (Phi) is 3.31. The Labute approximate surface area is 135 Å². The molecule has 1 fully saturated rings. The van der Waals surface area contributed by atoms with Crippen LogP contribution in [-0.4, -0.2) is 25.7 Å². The minimum atomic E-state index is -0.202. The molecule has 0 bridgehead atoms. The van der Waals surface area contributed by atoms with E-state index in [0.717, 1.165) is 24.2 Å². The maximum Gasteiger partial charge on any atom is 0.282 e. The zero-order valence-corrected chi connectivity index (χ0v) is 13.1. The molecule has 1 N–H and O–H groups in total. The van der Waals surface area contributed by atoms with Crippen molar-refractivity contribution in [1.82, 2.24) is 25.1 Å². The number of rotatable bonds is 4. The van der Waals surface area contributed by atoms with Gasteiger partial charge in [0.25, 0.3) is 5.91 Å². The third-order valence-electron chi connectivity index (χ3n) is 3.52. The number of fused-ring (bicyclic) bond motifs is 1. The molecule has 0 unspecified atom stereocenters. The fourth-order valence-corrected chi connectivity index (χ4v) is 3.07. The number of benzene rings is 1. The van der Waals surface area contributed by atoms with Crippen molar-refractivity contribution in [2.24, 2.45) is 0 Å². The number of amides is 1. The van der Waals surface area contributed by atoms with Crippen molar-refractivity contribution in [3.05, 3.63) is 45.7 Å². The highest BCUT2D eigenvalue weighted by molar-refractivity contribution is 7.18. The first-order chi connectivity index (χ1) is 10.7. The molecule has 0 aliphatic heterocycles. The zero-order valence-electron chi connectivity index (χ0n) is 11.5. The molecule has 6 nitrogen and oxygen atoms in total. The maximum absolute atomic E-state index is 12.2. The quantitative estimate of drug-likeness (QED) is 0.796. The molecular formula is C14H12ClN5OS. The summed E-state index contributed by atoms with van der Waals surface area (Å²) in [4.78, 5) is 12.9. The lowest BCUT2D eigenvalue weighted by Crippen LogP contribution is -2.22. The summed E-state index contributed by atoms with van der Waals surface area (Å²) >= 11 is 7.09. The van der Waals surface area contributed by atoms with E-state index in [1.807, 2.05) is 12.1 Å². The Morgan fingerprint density at radius 2 is 2.09 bits per heavy atom. The topological polar surface area (TPSA) is 72.2 Å². The highest BCUT2D eigenvalue weighted by Crippen LogP contribution is 2.39. The fourth-order valence-electron chi connectivity index (χ4n) is 2.18. The Morgan fingerprint density at radius 3 is 2.82 bits per heavy atom. The van der Waals surface area contributed by atoms with Gasteiger partial charge < -0.3 is 5.32 Å². The molecule has 22 heavy (non-hydrogen) atoms. The van der Waals surface area contributed by atoms with E-state index in [-0.39, 0.29) is 5.91 Å². The van der Waals surface area contributed by atoms with Gasteiger partial charge in [0.2, 0.25) is 9.97 Å². The van der Waals surface area contributed by atoms with Crippen LogP contribution in [0, 0.1) is 0 Å².